The first-order valence-corrected chi connectivity index (χ1v) is 10.3. The average Bonchev–Trinajstić information content (AvgIpc) is 2.67. The molecule has 0 aliphatic rings. The number of anilines is 1. The van der Waals surface area contributed by atoms with Gasteiger partial charge >= 0.3 is 0 Å². The van der Waals surface area contributed by atoms with Crippen molar-refractivity contribution in [1.82, 2.24) is 4.31 Å². The first-order chi connectivity index (χ1) is 12.9. The fourth-order valence-corrected chi connectivity index (χ4v) is 3.68. The van der Waals surface area contributed by atoms with Gasteiger partial charge in [0.2, 0.25) is 15.9 Å². The number of aryl methyl sites for hydroxylation is 1. The summed E-state index contributed by atoms with van der Waals surface area (Å²) in [6.45, 7) is 1.87. The number of benzene rings is 2. The number of nitrogens with zero attached hydrogens (tertiary/aromatic N) is 1. The number of nitrogens with one attached hydrogen (secondary N) is 1. The Balaban J connectivity index is 1.97. The van der Waals surface area contributed by atoms with Gasteiger partial charge < -0.3 is 10.1 Å². The smallest absolute Gasteiger partial charge is 0.243 e. The Bertz CT molecular complexity index is 847. The van der Waals surface area contributed by atoms with Crippen LogP contribution in [0.5, 0.6) is 5.75 Å². The van der Waals surface area contributed by atoms with E-state index in [1.807, 2.05) is 24.3 Å². The summed E-state index contributed by atoms with van der Waals surface area (Å²) in [6.07, 6.45) is 3.26. The number of hydrogen-bond donors (Lipinski definition) is 1. The van der Waals surface area contributed by atoms with Crippen LogP contribution in [0.3, 0.4) is 0 Å². The van der Waals surface area contributed by atoms with E-state index in [0.717, 1.165) is 23.6 Å². The molecule has 2 rings (SSSR count). The number of methoxy groups -OCH3 is 1. The summed E-state index contributed by atoms with van der Waals surface area (Å²) in [5, 5.41) is 2.73. The molecular weight excluding hydrogens is 364 g/mol. The Hall–Kier alpha value is -2.38. The maximum absolute atomic E-state index is 12.6. The first-order valence-electron chi connectivity index (χ1n) is 8.86. The summed E-state index contributed by atoms with van der Waals surface area (Å²) in [5.74, 6) is 0.174. The second-order valence-corrected chi connectivity index (χ2v) is 8.33. The fourth-order valence-electron chi connectivity index (χ4n) is 2.55. The van der Waals surface area contributed by atoms with Gasteiger partial charge in [0.1, 0.15) is 5.75 Å². The number of likely N-dealkylation sites (N-methyl/N-ethyl adjacent to an activating group) is 1. The molecule has 0 aromatic heterocycles. The second kappa shape index (κ2) is 9.53. The van der Waals surface area contributed by atoms with Gasteiger partial charge in [0.05, 0.1) is 18.6 Å². The number of rotatable bonds is 9. The fraction of sp³-hybridized carbons (Fsp3) is 0.350. The van der Waals surface area contributed by atoms with E-state index < -0.39 is 15.9 Å². The predicted molar refractivity (Wildman–Crippen MR) is 106 cm³/mol. The van der Waals surface area contributed by atoms with Crippen LogP contribution in [-0.4, -0.2) is 39.3 Å². The molecule has 146 valence electrons. The lowest BCUT2D eigenvalue weighted by Crippen LogP contribution is -2.34. The zero-order valence-electron chi connectivity index (χ0n) is 15.9. The molecule has 2 aromatic rings. The Labute approximate surface area is 161 Å². The topological polar surface area (TPSA) is 75.7 Å². The van der Waals surface area contributed by atoms with Crippen LogP contribution >= 0.6 is 0 Å². The van der Waals surface area contributed by atoms with E-state index >= 15 is 0 Å². The SMILES string of the molecule is CCCCc1ccc(NC(=O)CN(C)S(=O)(=O)c2ccc(OC)cc2)cc1. The summed E-state index contributed by atoms with van der Waals surface area (Å²) < 4.78 is 31.2. The highest BCUT2D eigenvalue weighted by atomic mass is 32.2. The lowest BCUT2D eigenvalue weighted by atomic mass is 10.1. The Morgan fingerprint density at radius 3 is 2.26 bits per heavy atom. The van der Waals surface area contributed by atoms with E-state index in [-0.39, 0.29) is 11.4 Å². The van der Waals surface area contributed by atoms with Crippen molar-refractivity contribution in [3.8, 4) is 5.75 Å². The number of carbonyl (C=O) groups is 1. The minimum Gasteiger partial charge on any atom is -0.497 e. The maximum atomic E-state index is 12.6. The predicted octanol–water partition coefficient (Wildman–Crippen LogP) is 3.30. The average molecular weight is 391 g/mol. The molecule has 27 heavy (non-hydrogen) atoms. The summed E-state index contributed by atoms with van der Waals surface area (Å²) in [5.41, 5.74) is 1.87. The third-order valence-corrected chi connectivity index (χ3v) is 6.01. The third kappa shape index (κ3) is 5.80. The molecule has 7 heteroatoms. The first kappa shape index (κ1) is 20.9. The van der Waals surface area contributed by atoms with E-state index in [1.54, 1.807) is 12.1 Å². The van der Waals surface area contributed by atoms with Crippen molar-refractivity contribution in [1.29, 1.82) is 0 Å². The van der Waals surface area contributed by atoms with Gasteiger partial charge in [-0.15, -0.1) is 0 Å². The molecule has 6 nitrogen and oxygen atoms in total. The molecule has 0 aliphatic carbocycles. The van der Waals surface area contributed by atoms with Gasteiger partial charge in [0.25, 0.3) is 0 Å². The molecule has 0 fully saturated rings. The summed E-state index contributed by atoms with van der Waals surface area (Å²) in [4.78, 5) is 12.3. The second-order valence-electron chi connectivity index (χ2n) is 6.29. The molecular formula is C20H26N2O4S. The maximum Gasteiger partial charge on any atom is 0.243 e. The van der Waals surface area contributed by atoms with Gasteiger partial charge in [0, 0.05) is 12.7 Å². The molecule has 0 saturated heterocycles. The van der Waals surface area contributed by atoms with E-state index in [0.29, 0.717) is 11.4 Å². The summed E-state index contributed by atoms with van der Waals surface area (Å²) >= 11 is 0. The largest absolute Gasteiger partial charge is 0.497 e. The highest BCUT2D eigenvalue weighted by Gasteiger charge is 2.23. The zero-order chi connectivity index (χ0) is 19.9. The van der Waals surface area contributed by atoms with Crippen LogP contribution in [0.25, 0.3) is 0 Å². The van der Waals surface area contributed by atoms with Gasteiger partial charge in [-0.05, 0) is 54.8 Å². The number of hydrogen-bond acceptors (Lipinski definition) is 4. The van der Waals surface area contributed by atoms with Gasteiger partial charge in [-0.1, -0.05) is 25.5 Å². The van der Waals surface area contributed by atoms with Crippen molar-refractivity contribution >= 4 is 21.6 Å². The molecule has 0 aliphatic heterocycles. The van der Waals surface area contributed by atoms with Crippen LogP contribution < -0.4 is 10.1 Å². The molecule has 0 bridgehead atoms. The van der Waals surface area contributed by atoms with Crippen LogP contribution in [0.2, 0.25) is 0 Å². The molecule has 0 atom stereocenters. The van der Waals surface area contributed by atoms with E-state index in [9.17, 15) is 13.2 Å². The summed E-state index contributed by atoms with van der Waals surface area (Å²) in [6, 6.07) is 13.7. The molecule has 2 aromatic carbocycles. The van der Waals surface area contributed by atoms with Crippen molar-refractivity contribution < 1.29 is 17.9 Å². The van der Waals surface area contributed by atoms with Crippen LogP contribution in [0.1, 0.15) is 25.3 Å². The molecule has 1 N–H and O–H groups in total. The molecule has 0 saturated carbocycles. The molecule has 1 amide bonds. The highest BCUT2D eigenvalue weighted by molar-refractivity contribution is 7.89. The normalized spacial score (nSPS) is 11.4. The molecule has 0 unspecified atom stereocenters. The summed E-state index contributed by atoms with van der Waals surface area (Å²) in [7, 11) is -0.859. The Morgan fingerprint density at radius 2 is 1.70 bits per heavy atom. The van der Waals surface area contributed by atoms with Gasteiger partial charge in [-0.3, -0.25) is 4.79 Å². The lowest BCUT2D eigenvalue weighted by molar-refractivity contribution is -0.116. The molecule has 0 spiro atoms. The lowest BCUT2D eigenvalue weighted by Gasteiger charge is -2.17. The van der Waals surface area contributed by atoms with E-state index in [4.69, 9.17) is 4.74 Å². The van der Waals surface area contributed by atoms with Gasteiger partial charge in [-0.2, -0.15) is 4.31 Å². The van der Waals surface area contributed by atoms with Crippen LogP contribution in [-0.2, 0) is 21.2 Å². The van der Waals surface area contributed by atoms with Gasteiger partial charge in [-0.25, -0.2) is 8.42 Å². The third-order valence-electron chi connectivity index (χ3n) is 4.19. The number of carbonyl (C=O) groups excluding carboxylic acids is 1. The minimum atomic E-state index is -3.75. The molecule has 0 heterocycles. The van der Waals surface area contributed by atoms with Crippen molar-refractivity contribution in [3.63, 3.8) is 0 Å². The quantitative estimate of drug-likeness (QED) is 0.713. The number of amides is 1. The van der Waals surface area contributed by atoms with Crippen molar-refractivity contribution in [2.24, 2.45) is 0 Å². The Kier molecular flexibility index (Phi) is 7.38. The number of unbranched alkanes of at least 4 members (excludes halogenated alkanes) is 1. The zero-order valence-corrected chi connectivity index (χ0v) is 16.8. The van der Waals surface area contributed by atoms with Crippen LogP contribution in [0, 0.1) is 0 Å². The van der Waals surface area contributed by atoms with Crippen molar-refractivity contribution in [2.75, 3.05) is 26.0 Å². The standard InChI is InChI=1S/C20H26N2O4S/c1-4-5-6-16-7-9-17(10-8-16)21-20(23)15-22(2)27(24,25)19-13-11-18(26-3)12-14-19/h7-14H,4-6,15H2,1-3H3,(H,21,23). The van der Waals surface area contributed by atoms with Crippen molar-refractivity contribution in [3.05, 3.63) is 54.1 Å². The number of sulfonamides is 1. The van der Waals surface area contributed by atoms with Crippen LogP contribution in [0.4, 0.5) is 5.69 Å². The Morgan fingerprint density at radius 1 is 1.07 bits per heavy atom. The number of ether oxygens (including phenoxy) is 1. The van der Waals surface area contributed by atoms with Crippen LogP contribution in [0.15, 0.2) is 53.4 Å². The molecule has 0 radical (unpaired) electrons. The van der Waals surface area contributed by atoms with E-state index in [2.05, 4.69) is 12.2 Å². The monoisotopic (exact) mass is 390 g/mol. The van der Waals surface area contributed by atoms with Crippen molar-refractivity contribution in [2.45, 2.75) is 31.1 Å². The van der Waals surface area contributed by atoms with E-state index in [1.165, 1.54) is 31.9 Å². The minimum absolute atomic E-state index is 0.110. The highest BCUT2D eigenvalue weighted by Crippen LogP contribution is 2.18. The van der Waals surface area contributed by atoms with Gasteiger partial charge in [0.15, 0.2) is 0 Å².